The molecule has 3 aromatic rings. The van der Waals surface area contributed by atoms with Crippen LogP contribution in [0.2, 0.25) is 0 Å². The number of rotatable bonds is 8. The van der Waals surface area contributed by atoms with Crippen LogP contribution in [-0.4, -0.2) is 43.2 Å². The molecule has 2 N–H and O–H groups in total. The number of aromatic nitrogens is 1. The van der Waals surface area contributed by atoms with E-state index in [1.165, 1.54) is 0 Å². The Kier molecular flexibility index (Phi) is 6.62. The lowest BCUT2D eigenvalue weighted by molar-refractivity contribution is -0.122. The number of carbonyl (C=O) groups is 2. The van der Waals surface area contributed by atoms with Gasteiger partial charge in [-0.25, -0.2) is 4.98 Å². The van der Waals surface area contributed by atoms with Crippen LogP contribution < -0.4 is 20.1 Å². The minimum Gasteiger partial charge on any atom is -0.480 e. The van der Waals surface area contributed by atoms with Crippen LogP contribution >= 0.6 is 0 Å². The summed E-state index contributed by atoms with van der Waals surface area (Å²) in [6.45, 7) is 0.715. The summed E-state index contributed by atoms with van der Waals surface area (Å²) >= 11 is 0. The lowest BCUT2D eigenvalue weighted by Crippen LogP contribution is -2.31. The maximum absolute atomic E-state index is 12.8. The maximum atomic E-state index is 12.8. The highest BCUT2D eigenvalue weighted by atomic mass is 16.5. The van der Waals surface area contributed by atoms with Crippen molar-refractivity contribution in [3.8, 4) is 11.6 Å². The zero-order chi connectivity index (χ0) is 22.3. The normalized spacial score (nSPS) is 14.2. The molecule has 8 heteroatoms. The van der Waals surface area contributed by atoms with Crippen LogP contribution in [0, 0.1) is 0 Å². The molecule has 0 aliphatic carbocycles. The Labute approximate surface area is 185 Å². The number of pyridine rings is 1. The highest BCUT2D eigenvalue weighted by Crippen LogP contribution is 2.29. The maximum Gasteiger partial charge on any atom is 0.265 e. The van der Waals surface area contributed by atoms with Crippen molar-refractivity contribution >= 4 is 23.2 Å². The van der Waals surface area contributed by atoms with Gasteiger partial charge in [0.15, 0.2) is 6.10 Å². The molecule has 32 heavy (non-hydrogen) atoms. The van der Waals surface area contributed by atoms with Crippen LogP contribution in [0.4, 0.5) is 11.4 Å². The van der Waals surface area contributed by atoms with Crippen LogP contribution in [0.25, 0.3) is 0 Å². The number of para-hydroxylation sites is 1. The molecule has 1 unspecified atom stereocenters. The van der Waals surface area contributed by atoms with E-state index in [1.54, 1.807) is 49.7 Å². The number of carbonyl (C=O) groups excluding carboxylic acids is 2. The highest BCUT2D eigenvalue weighted by Gasteiger charge is 2.28. The van der Waals surface area contributed by atoms with Crippen LogP contribution in [0.5, 0.6) is 11.6 Å². The van der Waals surface area contributed by atoms with Gasteiger partial charge in [0.2, 0.25) is 5.88 Å². The van der Waals surface area contributed by atoms with E-state index in [1.807, 2.05) is 24.3 Å². The SMILES string of the molecule is COCCOc1ncccc1NC(=O)c1cccc(NC(=O)C2Cc3ccccc3O2)c1. The number of hydrogen-bond donors (Lipinski definition) is 2. The quantitative estimate of drug-likeness (QED) is 0.529. The third-order valence-electron chi connectivity index (χ3n) is 4.88. The van der Waals surface area contributed by atoms with Crippen LogP contribution in [-0.2, 0) is 16.0 Å². The number of benzene rings is 2. The Morgan fingerprint density at radius 3 is 2.78 bits per heavy atom. The van der Waals surface area contributed by atoms with Crippen molar-refractivity contribution in [1.82, 2.24) is 4.98 Å². The molecule has 1 aromatic heterocycles. The lowest BCUT2D eigenvalue weighted by atomic mass is 10.1. The first-order valence-electron chi connectivity index (χ1n) is 10.2. The van der Waals surface area contributed by atoms with E-state index in [-0.39, 0.29) is 11.8 Å². The molecule has 0 saturated carbocycles. The van der Waals surface area contributed by atoms with E-state index in [0.29, 0.717) is 42.5 Å². The van der Waals surface area contributed by atoms with Crippen molar-refractivity contribution in [2.45, 2.75) is 12.5 Å². The fraction of sp³-hybridized carbons (Fsp3) is 0.208. The lowest BCUT2D eigenvalue weighted by Gasteiger charge is -2.13. The van der Waals surface area contributed by atoms with Gasteiger partial charge in [-0.3, -0.25) is 9.59 Å². The predicted octanol–water partition coefficient (Wildman–Crippen LogP) is 3.30. The summed E-state index contributed by atoms with van der Waals surface area (Å²) in [5.41, 5.74) is 2.33. The van der Waals surface area contributed by atoms with Gasteiger partial charge >= 0.3 is 0 Å². The summed E-state index contributed by atoms with van der Waals surface area (Å²) in [6, 6.07) is 17.7. The van der Waals surface area contributed by atoms with Crippen LogP contribution in [0.1, 0.15) is 15.9 Å². The number of methoxy groups -OCH3 is 1. The van der Waals surface area contributed by atoms with Crippen molar-refractivity contribution in [2.24, 2.45) is 0 Å². The molecule has 0 bridgehead atoms. The highest BCUT2D eigenvalue weighted by molar-refractivity contribution is 6.06. The van der Waals surface area contributed by atoms with Crippen molar-refractivity contribution in [3.63, 3.8) is 0 Å². The summed E-state index contributed by atoms with van der Waals surface area (Å²) < 4.78 is 16.3. The van der Waals surface area contributed by atoms with Gasteiger partial charge in [0, 0.05) is 31.0 Å². The Balaban J connectivity index is 1.40. The molecule has 2 aromatic carbocycles. The molecule has 0 saturated heterocycles. The molecule has 0 spiro atoms. The average Bonchev–Trinajstić information content (AvgIpc) is 3.25. The smallest absolute Gasteiger partial charge is 0.265 e. The molecule has 1 aliphatic rings. The Hall–Kier alpha value is -3.91. The first-order valence-corrected chi connectivity index (χ1v) is 10.2. The van der Waals surface area contributed by atoms with Gasteiger partial charge in [0.05, 0.1) is 6.61 Å². The Morgan fingerprint density at radius 2 is 1.94 bits per heavy atom. The number of nitrogens with one attached hydrogen (secondary N) is 2. The molecule has 1 atom stereocenters. The van der Waals surface area contributed by atoms with E-state index in [4.69, 9.17) is 14.2 Å². The van der Waals surface area contributed by atoms with Crippen LogP contribution in [0.3, 0.4) is 0 Å². The van der Waals surface area contributed by atoms with Gasteiger partial charge in [0.1, 0.15) is 18.0 Å². The van der Waals surface area contributed by atoms with Gasteiger partial charge < -0.3 is 24.8 Å². The second-order valence-corrected chi connectivity index (χ2v) is 7.14. The molecular formula is C24H23N3O5. The predicted molar refractivity (Wildman–Crippen MR) is 119 cm³/mol. The third kappa shape index (κ3) is 5.04. The van der Waals surface area contributed by atoms with E-state index >= 15 is 0 Å². The first kappa shape index (κ1) is 21.3. The average molecular weight is 433 g/mol. The van der Waals surface area contributed by atoms with Crippen molar-refractivity contribution < 1.29 is 23.8 Å². The molecular weight excluding hydrogens is 410 g/mol. The van der Waals surface area contributed by atoms with E-state index in [0.717, 1.165) is 11.3 Å². The van der Waals surface area contributed by atoms with Gasteiger partial charge in [-0.15, -0.1) is 0 Å². The first-order chi connectivity index (χ1) is 15.6. The topological polar surface area (TPSA) is 98.8 Å². The second-order valence-electron chi connectivity index (χ2n) is 7.14. The van der Waals surface area contributed by atoms with Gasteiger partial charge in [0.25, 0.3) is 11.8 Å². The summed E-state index contributed by atoms with van der Waals surface area (Å²) in [5.74, 6) is 0.413. The van der Waals surface area contributed by atoms with Gasteiger partial charge in [-0.05, 0) is 42.0 Å². The summed E-state index contributed by atoms with van der Waals surface area (Å²) in [4.78, 5) is 29.6. The standard InChI is InChI=1S/C24H23N3O5/c1-30-12-13-31-24-19(9-5-11-25-24)27-22(28)17-7-4-8-18(14-17)26-23(29)21-15-16-6-2-3-10-20(16)32-21/h2-11,14,21H,12-13,15H2,1H3,(H,26,29)(H,27,28). The van der Waals surface area contributed by atoms with Crippen molar-refractivity contribution in [2.75, 3.05) is 31.0 Å². The van der Waals surface area contributed by atoms with Crippen LogP contribution in [0.15, 0.2) is 66.9 Å². The number of amides is 2. The molecule has 4 rings (SSSR count). The summed E-state index contributed by atoms with van der Waals surface area (Å²) in [6.07, 6.45) is 1.49. The largest absolute Gasteiger partial charge is 0.480 e. The summed E-state index contributed by atoms with van der Waals surface area (Å²) in [7, 11) is 1.58. The van der Waals surface area contributed by atoms with E-state index < -0.39 is 6.10 Å². The fourth-order valence-corrected chi connectivity index (χ4v) is 3.31. The zero-order valence-electron chi connectivity index (χ0n) is 17.5. The van der Waals surface area contributed by atoms with E-state index in [9.17, 15) is 9.59 Å². The molecule has 2 amide bonds. The molecule has 164 valence electrons. The van der Waals surface area contributed by atoms with Gasteiger partial charge in [-0.1, -0.05) is 24.3 Å². The molecule has 2 heterocycles. The molecule has 8 nitrogen and oxygen atoms in total. The fourth-order valence-electron chi connectivity index (χ4n) is 3.31. The van der Waals surface area contributed by atoms with E-state index in [2.05, 4.69) is 15.6 Å². The Bertz CT molecular complexity index is 1090. The number of fused-ring (bicyclic) bond motifs is 1. The minimum absolute atomic E-state index is 0.264. The number of nitrogens with zero attached hydrogens (tertiary/aromatic N) is 1. The minimum atomic E-state index is -0.605. The molecule has 1 aliphatic heterocycles. The molecule has 0 radical (unpaired) electrons. The Morgan fingerprint density at radius 1 is 1.06 bits per heavy atom. The van der Waals surface area contributed by atoms with Crippen molar-refractivity contribution in [1.29, 1.82) is 0 Å². The second kappa shape index (κ2) is 9.93. The zero-order valence-corrected chi connectivity index (χ0v) is 17.5. The summed E-state index contributed by atoms with van der Waals surface area (Å²) in [5, 5.41) is 5.63. The monoisotopic (exact) mass is 433 g/mol. The molecule has 0 fully saturated rings. The third-order valence-corrected chi connectivity index (χ3v) is 4.88. The number of hydrogen-bond acceptors (Lipinski definition) is 6. The number of ether oxygens (including phenoxy) is 3. The number of anilines is 2. The van der Waals surface area contributed by atoms with Crippen molar-refractivity contribution in [3.05, 3.63) is 78.0 Å². The van der Waals surface area contributed by atoms with Gasteiger partial charge in [-0.2, -0.15) is 0 Å².